The van der Waals surface area contributed by atoms with Crippen LogP contribution in [0.5, 0.6) is 0 Å². The summed E-state index contributed by atoms with van der Waals surface area (Å²) < 4.78 is 0. The van der Waals surface area contributed by atoms with Crippen LogP contribution in [0.15, 0.2) is 0 Å². The summed E-state index contributed by atoms with van der Waals surface area (Å²) in [7, 11) is 3.84. The molecule has 2 nitrogen and oxygen atoms in total. The maximum Gasteiger partial charge on any atom is 0.0130 e. The summed E-state index contributed by atoms with van der Waals surface area (Å²) in [5.74, 6) is 0. The number of nitrogens with one attached hydrogen (secondary N) is 1. The molecule has 0 atom stereocenters. The zero-order valence-corrected chi connectivity index (χ0v) is 5.78. The van der Waals surface area contributed by atoms with Gasteiger partial charge in [0.1, 0.15) is 0 Å². The normalized spacial score (nSPS) is 9.75. The van der Waals surface area contributed by atoms with Crippen LogP contribution in [0, 0.1) is 0 Å². The first kappa shape index (κ1) is 7.92. The molecular formula is C6H15N2. The minimum absolute atomic E-state index is 1.02. The van der Waals surface area contributed by atoms with Gasteiger partial charge in [-0.05, 0) is 26.4 Å². The van der Waals surface area contributed by atoms with Gasteiger partial charge in [0.05, 0.1) is 0 Å². The Morgan fingerprint density at radius 1 is 1.38 bits per heavy atom. The zero-order valence-electron chi connectivity index (χ0n) is 5.78. The summed E-state index contributed by atoms with van der Waals surface area (Å²) in [6.07, 6.45) is 2.46. The molecule has 1 N–H and O–H groups in total. The van der Waals surface area contributed by atoms with Crippen molar-refractivity contribution in [1.29, 1.82) is 0 Å². The van der Waals surface area contributed by atoms with Crippen LogP contribution in [-0.2, 0) is 0 Å². The summed E-state index contributed by atoms with van der Waals surface area (Å²) in [4.78, 5) is 0. The Kier molecular flexibility index (Phi) is 6.85. The Hall–Kier alpha value is -0.0800. The predicted molar refractivity (Wildman–Crippen MR) is 36.1 cm³/mol. The fraction of sp³-hybridized carbons (Fsp3) is 1.00. The minimum Gasteiger partial charge on any atom is -0.320 e. The highest BCUT2D eigenvalue weighted by Gasteiger charge is 1.82. The standard InChI is InChI=1S/C6H15N2/c1-7-5-3-4-6-8-2/h7H,3-6H2,1-2H3. The highest BCUT2D eigenvalue weighted by atomic mass is 14.8. The summed E-state index contributed by atoms with van der Waals surface area (Å²) in [6, 6.07) is 0. The lowest BCUT2D eigenvalue weighted by Gasteiger charge is -1.95. The second-order valence-electron chi connectivity index (χ2n) is 1.85. The van der Waals surface area contributed by atoms with E-state index < -0.39 is 0 Å². The van der Waals surface area contributed by atoms with E-state index in [-0.39, 0.29) is 0 Å². The molecule has 0 aliphatic carbocycles. The first-order chi connectivity index (χ1) is 3.91. The number of hydrogen-bond acceptors (Lipinski definition) is 1. The maximum atomic E-state index is 3.98. The van der Waals surface area contributed by atoms with Gasteiger partial charge in [-0.2, -0.15) is 0 Å². The molecule has 0 heterocycles. The molecule has 0 aromatic rings. The number of hydrogen-bond donors (Lipinski definition) is 1. The number of unbranched alkanes of at least 4 members (excludes halogenated alkanes) is 1. The lowest BCUT2D eigenvalue weighted by Crippen LogP contribution is -2.09. The average molecular weight is 115 g/mol. The van der Waals surface area contributed by atoms with Gasteiger partial charge in [0, 0.05) is 13.6 Å². The molecule has 0 fully saturated rings. The van der Waals surface area contributed by atoms with Gasteiger partial charge in [-0.15, -0.1) is 0 Å². The Bertz CT molecular complexity index is 31.5. The first-order valence-electron chi connectivity index (χ1n) is 3.12. The third kappa shape index (κ3) is 5.92. The van der Waals surface area contributed by atoms with Crippen molar-refractivity contribution in [3.63, 3.8) is 0 Å². The Labute approximate surface area is 51.7 Å². The molecule has 0 rings (SSSR count). The van der Waals surface area contributed by atoms with Crippen LogP contribution >= 0.6 is 0 Å². The second-order valence-corrected chi connectivity index (χ2v) is 1.85. The highest BCUT2D eigenvalue weighted by Crippen LogP contribution is 1.82. The van der Waals surface area contributed by atoms with Crippen molar-refractivity contribution >= 4 is 0 Å². The zero-order chi connectivity index (χ0) is 6.24. The van der Waals surface area contributed by atoms with Crippen LogP contribution in [-0.4, -0.2) is 27.2 Å². The molecule has 0 spiro atoms. The van der Waals surface area contributed by atoms with Crippen LogP contribution in [0.4, 0.5) is 0 Å². The fourth-order valence-corrected chi connectivity index (χ4v) is 0.572. The average Bonchev–Trinajstić information content (AvgIpc) is 1.81. The quantitative estimate of drug-likeness (QED) is 0.510. The third-order valence-electron chi connectivity index (χ3n) is 1.06. The summed E-state index contributed by atoms with van der Waals surface area (Å²) in [6.45, 7) is 2.14. The van der Waals surface area contributed by atoms with Gasteiger partial charge >= 0.3 is 0 Å². The molecule has 0 saturated heterocycles. The molecule has 49 valence electrons. The number of rotatable bonds is 5. The van der Waals surface area contributed by atoms with Crippen molar-refractivity contribution in [2.45, 2.75) is 12.8 Å². The van der Waals surface area contributed by atoms with Gasteiger partial charge in [-0.25, -0.2) is 5.32 Å². The van der Waals surface area contributed by atoms with Crippen molar-refractivity contribution in [2.24, 2.45) is 0 Å². The Morgan fingerprint density at radius 2 is 2.12 bits per heavy atom. The molecule has 0 saturated carbocycles. The Balaban J connectivity index is 2.53. The van der Waals surface area contributed by atoms with Gasteiger partial charge in [-0.3, -0.25) is 0 Å². The maximum absolute atomic E-state index is 3.98. The SMILES string of the molecule is C[N]CCCCNC. The van der Waals surface area contributed by atoms with Crippen LogP contribution in [0.1, 0.15) is 12.8 Å². The van der Waals surface area contributed by atoms with E-state index in [1.807, 2.05) is 14.1 Å². The van der Waals surface area contributed by atoms with Gasteiger partial charge < -0.3 is 5.32 Å². The van der Waals surface area contributed by atoms with E-state index in [1.54, 1.807) is 0 Å². The lowest BCUT2D eigenvalue weighted by atomic mass is 10.3. The van der Waals surface area contributed by atoms with E-state index in [4.69, 9.17) is 0 Å². The van der Waals surface area contributed by atoms with E-state index in [9.17, 15) is 0 Å². The van der Waals surface area contributed by atoms with Crippen molar-refractivity contribution in [3.05, 3.63) is 0 Å². The smallest absolute Gasteiger partial charge is 0.0130 e. The van der Waals surface area contributed by atoms with E-state index in [0.717, 1.165) is 13.1 Å². The Morgan fingerprint density at radius 3 is 2.62 bits per heavy atom. The summed E-state index contributed by atoms with van der Waals surface area (Å²) >= 11 is 0. The van der Waals surface area contributed by atoms with Crippen molar-refractivity contribution in [2.75, 3.05) is 27.2 Å². The molecule has 2 heteroatoms. The van der Waals surface area contributed by atoms with Gasteiger partial charge in [-0.1, -0.05) is 0 Å². The van der Waals surface area contributed by atoms with Crippen molar-refractivity contribution in [1.82, 2.24) is 10.6 Å². The van der Waals surface area contributed by atoms with Gasteiger partial charge in [0.15, 0.2) is 0 Å². The molecular weight excluding hydrogens is 100 g/mol. The van der Waals surface area contributed by atoms with Crippen LogP contribution < -0.4 is 10.6 Å². The molecule has 0 aliphatic rings. The topological polar surface area (TPSA) is 26.1 Å². The van der Waals surface area contributed by atoms with Crippen LogP contribution in [0.25, 0.3) is 0 Å². The van der Waals surface area contributed by atoms with Crippen molar-refractivity contribution < 1.29 is 0 Å². The minimum atomic E-state index is 1.02. The molecule has 1 radical (unpaired) electrons. The van der Waals surface area contributed by atoms with E-state index >= 15 is 0 Å². The van der Waals surface area contributed by atoms with Crippen LogP contribution in [0.2, 0.25) is 0 Å². The first-order valence-corrected chi connectivity index (χ1v) is 3.12. The lowest BCUT2D eigenvalue weighted by molar-refractivity contribution is 0.639. The monoisotopic (exact) mass is 115 g/mol. The molecule has 0 aromatic carbocycles. The van der Waals surface area contributed by atoms with Gasteiger partial charge in [0.2, 0.25) is 0 Å². The molecule has 0 aromatic heterocycles. The van der Waals surface area contributed by atoms with Gasteiger partial charge in [0.25, 0.3) is 0 Å². The highest BCUT2D eigenvalue weighted by molar-refractivity contribution is 4.43. The molecule has 0 unspecified atom stereocenters. The van der Waals surface area contributed by atoms with Crippen LogP contribution in [0.3, 0.4) is 0 Å². The molecule has 0 aliphatic heterocycles. The largest absolute Gasteiger partial charge is 0.320 e. The summed E-state index contributed by atoms with van der Waals surface area (Å²) in [5.41, 5.74) is 0. The molecule has 0 bridgehead atoms. The second kappa shape index (κ2) is 6.92. The van der Waals surface area contributed by atoms with Crippen molar-refractivity contribution in [3.8, 4) is 0 Å². The van der Waals surface area contributed by atoms with E-state index in [1.165, 1.54) is 12.8 Å². The predicted octanol–water partition coefficient (Wildman–Crippen LogP) is 0.220. The summed E-state index contributed by atoms with van der Waals surface area (Å²) in [5, 5.41) is 7.06. The van der Waals surface area contributed by atoms with E-state index in [2.05, 4.69) is 10.6 Å². The van der Waals surface area contributed by atoms with E-state index in [0.29, 0.717) is 0 Å². The third-order valence-corrected chi connectivity index (χ3v) is 1.06. The molecule has 8 heavy (non-hydrogen) atoms. The molecule has 0 amide bonds. The fourth-order valence-electron chi connectivity index (χ4n) is 0.572. The number of nitrogens with zero attached hydrogens (tertiary/aromatic N) is 1.